The largest absolute Gasteiger partial charge is 0.497 e. The number of thiophene rings is 1. The lowest BCUT2D eigenvalue weighted by Crippen LogP contribution is -2.57. The first kappa shape index (κ1) is 34.8. The third kappa shape index (κ3) is 9.68. The van der Waals surface area contributed by atoms with E-state index in [0.29, 0.717) is 12.2 Å². The van der Waals surface area contributed by atoms with E-state index < -0.39 is 53.7 Å². The molecule has 1 fully saturated rings. The molecule has 11 nitrogen and oxygen atoms in total. The lowest BCUT2D eigenvalue weighted by Gasteiger charge is -2.31. The van der Waals surface area contributed by atoms with Crippen LogP contribution in [0.3, 0.4) is 0 Å². The average molecular weight is 648 g/mol. The summed E-state index contributed by atoms with van der Waals surface area (Å²) in [5.41, 5.74) is 0.756. The molecule has 0 aliphatic carbocycles. The van der Waals surface area contributed by atoms with Crippen molar-refractivity contribution in [3.8, 4) is 5.75 Å². The van der Waals surface area contributed by atoms with E-state index in [-0.39, 0.29) is 41.2 Å². The van der Waals surface area contributed by atoms with E-state index in [2.05, 4.69) is 21.3 Å². The maximum Gasteiger partial charge on any atom is 0.265 e. The smallest absolute Gasteiger partial charge is 0.265 e. The van der Waals surface area contributed by atoms with Gasteiger partial charge in [-0.05, 0) is 54.3 Å². The summed E-state index contributed by atoms with van der Waals surface area (Å²) in [5, 5.41) is 13.2. The van der Waals surface area contributed by atoms with Crippen molar-refractivity contribution >= 4 is 52.5 Å². The van der Waals surface area contributed by atoms with Crippen LogP contribution < -0.4 is 26.0 Å². The minimum absolute atomic E-state index is 0.00565. The van der Waals surface area contributed by atoms with Crippen LogP contribution in [0.5, 0.6) is 5.75 Å². The number of carbonyl (C=O) groups is 5. The molecule has 240 valence electrons. The second kappa shape index (κ2) is 15.9. The fourth-order valence-corrected chi connectivity index (χ4v) is 5.86. The number of benzene rings is 1. The van der Waals surface area contributed by atoms with E-state index >= 15 is 0 Å². The van der Waals surface area contributed by atoms with Crippen LogP contribution in [0.2, 0.25) is 5.02 Å². The number of methoxy groups -OCH3 is 1. The normalized spacial score (nSPS) is 22.4. The number of halogens is 1. The number of carbonyl (C=O) groups excluding carboxylic acids is 5. The molecule has 44 heavy (non-hydrogen) atoms. The van der Waals surface area contributed by atoms with Crippen molar-refractivity contribution in [3.63, 3.8) is 0 Å². The maximum atomic E-state index is 13.6. The zero-order valence-corrected chi connectivity index (χ0v) is 27.5. The predicted octanol–water partition coefficient (Wildman–Crippen LogP) is 2.77. The van der Waals surface area contributed by atoms with E-state index in [0.717, 1.165) is 16.9 Å². The van der Waals surface area contributed by atoms with Crippen molar-refractivity contribution in [1.29, 1.82) is 0 Å². The Morgan fingerprint density at radius 3 is 2.18 bits per heavy atom. The number of rotatable bonds is 7. The molecule has 0 radical (unpaired) electrons. The third-order valence-electron chi connectivity index (χ3n) is 7.33. The molecule has 2 aromatic rings. The number of hydrogen-bond acceptors (Lipinski definition) is 7. The fourth-order valence-electron chi connectivity index (χ4n) is 4.75. The van der Waals surface area contributed by atoms with Gasteiger partial charge in [-0.15, -0.1) is 11.3 Å². The Kier molecular flexibility index (Phi) is 12.6. The molecule has 1 aromatic heterocycles. The Bertz CT molecular complexity index is 1330. The van der Waals surface area contributed by atoms with Gasteiger partial charge in [0, 0.05) is 19.0 Å². The van der Waals surface area contributed by atoms with Gasteiger partial charge in [0.2, 0.25) is 23.6 Å². The molecule has 13 heteroatoms. The molecule has 1 aliphatic heterocycles. The van der Waals surface area contributed by atoms with Crippen molar-refractivity contribution in [2.24, 2.45) is 11.8 Å². The van der Waals surface area contributed by atoms with Gasteiger partial charge >= 0.3 is 0 Å². The van der Waals surface area contributed by atoms with Gasteiger partial charge < -0.3 is 30.9 Å². The predicted molar refractivity (Wildman–Crippen MR) is 170 cm³/mol. The molecule has 1 aliphatic rings. The van der Waals surface area contributed by atoms with Crippen LogP contribution >= 0.6 is 22.9 Å². The van der Waals surface area contributed by atoms with Crippen LogP contribution in [0.1, 0.15) is 56.3 Å². The van der Waals surface area contributed by atoms with Gasteiger partial charge in [-0.1, -0.05) is 51.4 Å². The lowest BCUT2D eigenvalue weighted by atomic mass is 10.0. The summed E-state index contributed by atoms with van der Waals surface area (Å²) in [6.07, 6.45) is 0.431. The number of ether oxygens (including phenoxy) is 1. The molecule has 4 N–H and O–H groups in total. The van der Waals surface area contributed by atoms with Crippen LogP contribution in [0.15, 0.2) is 35.7 Å². The van der Waals surface area contributed by atoms with Gasteiger partial charge in [0.1, 0.15) is 28.8 Å². The maximum absolute atomic E-state index is 13.6. The van der Waals surface area contributed by atoms with Gasteiger partial charge in [-0.25, -0.2) is 0 Å². The van der Waals surface area contributed by atoms with E-state index in [1.165, 1.54) is 4.90 Å². The number of nitrogens with zero attached hydrogens (tertiary/aromatic N) is 1. The van der Waals surface area contributed by atoms with Gasteiger partial charge in [-0.3, -0.25) is 24.0 Å². The molecule has 0 spiro atoms. The molecule has 3 rings (SSSR count). The standard InChI is InChI=1S/C31H42ClN5O6S/c1-17(2)13-23-30(41)35-24(14-20-7-9-21(43-6)10-8-20)29(40)33-19(5)28(39)36-25(18(3)4)15-37(16-26(38)34-23)31(42)27-22(32)11-12-44-27/h7-12,17-19,23-25H,13-16H2,1-6H3,(H,33,40)(H,34,38)(H,35,41)(H,36,39)/t19-,23+,24+,25-/m1/s1. The second-order valence-corrected chi connectivity index (χ2v) is 13.1. The molecule has 2 heterocycles. The minimum Gasteiger partial charge on any atom is -0.497 e. The zero-order chi connectivity index (χ0) is 32.6. The zero-order valence-electron chi connectivity index (χ0n) is 25.9. The average Bonchev–Trinajstić information content (AvgIpc) is 3.40. The summed E-state index contributed by atoms with van der Waals surface area (Å²) in [6, 6.07) is 5.16. The Hall–Kier alpha value is -3.64. The lowest BCUT2D eigenvalue weighted by molar-refractivity contribution is -0.133. The number of hydrogen-bond donors (Lipinski definition) is 4. The van der Waals surface area contributed by atoms with E-state index in [1.54, 1.807) is 49.7 Å². The Labute approximate surface area is 267 Å². The molecular formula is C31H42ClN5O6S. The quantitative estimate of drug-likeness (QED) is 0.364. The topological polar surface area (TPSA) is 146 Å². The van der Waals surface area contributed by atoms with Crippen molar-refractivity contribution in [1.82, 2.24) is 26.2 Å². The highest BCUT2D eigenvalue weighted by Gasteiger charge is 2.33. The summed E-state index contributed by atoms with van der Waals surface area (Å²) >= 11 is 7.41. The second-order valence-electron chi connectivity index (χ2n) is 11.7. The Balaban J connectivity index is 1.99. The Morgan fingerprint density at radius 2 is 1.61 bits per heavy atom. The first-order valence-electron chi connectivity index (χ1n) is 14.6. The van der Waals surface area contributed by atoms with E-state index in [1.807, 2.05) is 27.7 Å². The summed E-state index contributed by atoms with van der Waals surface area (Å²) in [5.74, 6) is -2.05. The van der Waals surface area contributed by atoms with Crippen molar-refractivity contribution in [3.05, 3.63) is 51.2 Å². The molecule has 0 bridgehead atoms. The van der Waals surface area contributed by atoms with Crippen molar-refractivity contribution < 1.29 is 28.7 Å². The first-order valence-corrected chi connectivity index (χ1v) is 15.9. The van der Waals surface area contributed by atoms with Crippen LogP contribution in [0.4, 0.5) is 0 Å². The van der Waals surface area contributed by atoms with Gasteiger partial charge in [-0.2, -0.15) is 0 Å². The summed E-state index contributed by atoms with van der Waals surface area (Å²) in [4.78, 5) is 69.0. The molecule has 1 saturated heterocycles. The molecule has 0 saturated carbocycles. The summed E-state index contributed by atoms with van der Waals surface area (Å²) in [7, 11) is 1.55. The first-order chi connectivity index (χ1) is 20.8. The van der Waals surface area contributed by atoms with Crippen LogP contribution in [-0.4, -0.2) is 78.8 Å². The minimum atomic E-state index is -1.04. The fraction of sp³-hybridized carbons (Fsp3) is 0.516. The van der Waals surface area contributed by atoms with E-state index in [4.69, 9.17) is 16.3 Å². The highest BCUT2D eigenvalue weighted by Crippen LogP contribution is 2.24. The van der Waals surface area contributed by atoms with Crippen molar-refractivity contribution in [2.45, 2.75) is 71.6 Å². The number of nitrogens with one attached hydrogen (secondary N) is 4. The summed E-state index contributed by atoms with van der Waals surface area (Å²) < 4.78 is 5.22. The summed E-state index contributed by atoms with van der Waals surface area (Å²) in [6.45, 7) is 8.79. The molecule has 1 aromatic carbocycles. The van der Waals surface area contributed by atoms with Gasteiger partial charge in [0.15, 0.2) is 0 Å². The van der Waals surface area contributed by atoms with Gasteiger partial charge in [0.25, 0.3) is 5.91 Å². The number of amides is 5. The van der Waals surface area contributed by atoms with Crippen LogP contribution in [0, 0.1) is 11.8 Å². The molecule has 5 amide bonds. The SMILES string of the molecule is COc1ccc(C[C@@H]2NC(=O)[C@H](CC(C)C)NC(=O)CN(C(=O)c3sccc3Cl)C[C@H](C(C)C)NC(=O)[C@@H](C)NC2=O)cc1. The monoisotopic (exact) mass is 647 g/mol. The van der Waals surface area contributed by atoms with Gasteiger partial charge in [0.05, 0.1) is 18.7 Å². The molecule has 0 unspecified atom stereocenters. The van der Waals surface area contributed by atoms with Crippen molar-refractivity contribution in [2.75, 3.05) is 20.2 Å². The highest BCUT2D eigenvalue weighted by atomic mass is 35.5. The van der Waals surface area contributed by atoms with Crippen LogP contribution in [-0.2, 0) is 25.6 Å². The molecule has 4 atom stereocenters. The Morgan fingerprint density at radius 1 is 0.955 bits per heavy atom. The highest BCUT2D eigenvalue weighted by molar-refractivity contribution is 7.12. The van der Waals surface area contributed by atoms with E-state index in [9.17, 15) is 24.0 Å². The third-order valence-corrected chi connectivity index (χ3v) is 8.65. The van der Waals surface area contributed by atoms with Crippen LogP contribution in [0.25, 0.3) is 0 Å². The molecular weight excluding hydrogens is 606 g/mol.